The average molecular weight is 498 g/mol. The van der Waals surface area contributed by atoms with Gasteiger partial charge in [-0.1, -0.05) is 38.3 Å². The summed E-state index contributed by atoms with van der Waals surface area (Å²) in [5.41, 5.74) is 7.76. The summed E-state index contributed by atoms with van der Waals surface area (Å²) in [6.45, 7) is 2.92. The fourth-order valence-corrected chi connectivity index (χ4v) is 4.99. The maximum atomic E-state index is 13.0. The molecule has 2 heterocycles. The number of aryl methyl sites for hydroxylation is 1. The zero-order valence-corrected chi connectivity index (χ0v) is 21.0. The summed E-state index contributed by atoms with van der Waals surface area (Å²) in [6.07, 6.45) is 7.45. The number of amidine groups is 1. The van der Waals surface area contributed by atoms with E-state index in [1.54, 1.807) is 23.6 Å². The smallest absolute Gasteiger partial charge is 0.251 e. The summed E-state index contributed by atoms with van der Waals surface area (Å²) in [7, 11) is 0. The molecule has 1 saturated heterocycles. The Labute approximate surface area is 210 Å². The van der Waals surface area contributed by atoms with Crippen LogP contribution in [-0.2, 0) is 22.4 Å². The lowest BCUT2D eigenvalue weighted by Crippen LogP contribution is -2.52. The predicted molar refractivity (Wildman–Crippen MR) is 139 cm³/mol. The number of nitrogens with two attached hydrogens (primary N) is 1. The van der Waals surface area contributed by atoms with Crippen LogP contribution in [0.15, 0.2) is 35.7 Å². The van der Waals surface area contributed by atoms with Crippen LogP contribution in [-0.4, -0.2) is 42.2 Å². The van der Waals surface area contributed by atoms with Gasteiger partial charge in [-0.05, 0) is 56.0 Å². The molecule has 0 bridgehead atoms. The summed E-state index contributed by atoms with van der Waals surface area (Å²) in [5.74, 6) is -1.37. The van der Waals surface area contributed by atoms with Crippen molar-refractivity contribution in [1.29, 1.82) is 5.41 Å². The third-order valence-electron chi connectivity index (χ3n) is 6.15. The quantitative estimate of drug-likeness (QED) is 0.174. The van der Waals surface area contributed by atoms with Crippen LogP contribution in [0, 0.1) is 5.41 Å². The van der Waals surface area contributed by atoms with Crippen LogP contribution in [0.25, 0.3) is 0 Å². The number of hydrogen-bond acceptors (Lipinski definition) is 6. The molecule has 8 nitrogen and oxygen atoms in total. The highest BCUT2D eigenvalue weighted by Crippen LogP contribution is 2.17. The number of nitrogen functional groups attached to an aromatic ring is 1. The van der Waals surface area contributed by atoms with Crippen LogP contribution >= 0.6 is 11.3 Å². The summed E-state index contributed by atoms with van der Waals surface area (Å²) in [5, 5.41) is 17.7. The summed E-state index contributed by atoms with van der Waals surface area (Å²) < 4.78 is 0. The lowest BCUT2D eigenvalue weighted by Gasteiger charge is -2.19. The molecule has 3 amide bonds. The van der Waals surface area contributed by atoms with E-state index < -0.39 is 18.0 Å². The van der Waals surface area contributed by atoms with Gasteiger partial charge in [0.2, 0.25) is 11.8 Å². The topological polar surface area (TPSA) is 137 Å². The zero-order valence-electron chi connectivity index (χ0n) is 20.2. The van der Waals surface area contributed by atoms with E-state index in [-0.39, 0.29) is 24.1 Å². The van der Waals surface area contributed by atoms with Crippen molar-refractivity contribution in [2.45, 2.75) is 70.4 Å². The fraction of sp³-hybridized carbons (Fsp3) is 0.462. The minimum absolute atomic E-state index is 0.0604. The van der Waals surface area contributed by atoms with Crippen LogP contribution in [0.1, 0.15) is 71.8 Å². The maximum absolute atomic E-state index is 13.0. The highest BCUT2D eigenvalue weighted by Gasteiger charge is 2.28. The Balaban J connectivity index is 1.67. The van der Waals surface area contributed by atoms with Crippen molar-refractivity contribution in [3.63, 3.8) is 0 Å². The lowest BCUT2D eigenvalue weighted by atomic mass is 10.0. The summed E-state index contributed by atoms with van der Waals surface area (Å²) in [4.78, 5) is 39.2. The summed E-state index contributed by atoms with van der Waals surface area (Å²) in [6, 6.07) is 7.82. The van der Waals surface area contributed by atoms with Crippen LogP contribution in [0.2, 0.25) is 0 Å². The van der Waals surface area contributed by atoms with Gasteiger partial charge in [0.15, 0.2) is 0 Å². The van der Waals surface area contributed by atoms with Crippen molar-refractivity contribution in [2.24, 2.45) is 5.73 Å². The number of nitrogens with one attached hydrogen (secondary N) is 4. The Morgan fingerprint density at radius 1 is 1.17 bits per heavy atom. The number of rotatable bonds is 12. The van der Waals surface area contributed by atoms with Gasteiger partial charge in [0.1, 0.15) is 11.9 Å². The molecule has 188 valence electrons. The molecule has 0 saturated carbocycles. The number of thiophene rings is 1. The second-order valence-corrected chi connectivity index (χ2v) is 9.95. The first kappa shape index (κ1) is 26.6. The van der Waals surface area contributed by atoms with Gasteiger partial charge in [-0.15, -0.1) is 11.3 Å². The van der Waals surface area contributed by atoms with Crippen molar-refractivity contribution in [3.8, 4) is 0 Å². The Hall–Kier alpha value is -3.04. The van der Waals surface area contributed by atoms with Gasteiger partial charge in [0, 0.05) is 27.8 Å². The van der Waals surface area contributed by atoms with E-state index in [0.29, 0.717) is 17.5 Å². The van der Waals surface area contributed by atoms with Crippen LogP contribution in [0.3, 0.4) is 0 Å². The molecule has 0 radical (unpaired) electrons. The van der Waals surface area contributed by atoms with E-state index in [0.717, 1.165) is 30.7 Å². The number of carbonyl (C=O) groups is 3. The molecule has 1 aliphatic heterocycles. The number of amides is 3. The molecule has 35 heavy (non-hydrogen) atoms. The van der Waals surface area contributed by atoms with Gasteiger partial charge in [-0.25, -0.2) is 0 Å². The Morgan fingerprint density at radius 3 is 2.57 bits per heavy atom. The molecule has 0 spiro atoms. The maximum Gasteiger partial charge on any atom is 0.251 e. The molecule has 6 N–H and O–H groups in total. The van der Waals surface area contributed by atoms with Gasteiger partial charge in [0.25, 0.3) is 5.91 Å². The number of carbonyl (C=O) groups excluding carboxylic acids is 3. The monoisotopic (exact) mass is 497 g/mol. The summed E-state index contributed by atoms with van der Waals surface area (Å²) >= 11 is 1.35. The van der Waals surface area contributed by atoms with Gasteiger partial charge >= 0.3 is 0 Å². The van der Waals surface area contributed by atoms with Crippen molar-refractivity contribution in [1.82, 2.24) is 16.0 Å². The Kier molecular flexibility index (Phi) is 9.98. The van der Waals surface area contributed by atoms with E-state index in [2.05, 4.69) is 22.9 Å². The molecule has 1 aliphatic rings. The first-order valence-corrected chi connectivity index (χ1v) is 13.1. The Bertz CT molecular complexity index is 1030. The highest BCUT2D eigenvalue weighted by atomic mass is 32.1. The van der Waals surface area contributed by atoms with E-state index in [1.807, 2.05) is 12.1 Å². The third-order valence-corrected chi connectivity index (χ3v) is 7.11. The second-order valence-electron chi connectivity index (χ2n) is 8.96. The first-order valence-electron chi connectivity index (χ1n) is 12.3. The van der Waals surface area contributed by atoms with Gasteiger partial charge in [-0.2, -0.15) is 0 Å². The van der Waals surface area contributed by atoms with Crippen molar-refractivity contribution < 1.29 is 14.4 Å². The van der Waals surface area contributed by atoms with E-state index in [4.69, 9.17) is 11.1 Å². The molecule has 1 aromatic heterocycles. The molecule has 3 rings (SSSR count). The molecule has 0 unspecified atom stereocenters. The van der Waals surface area contributed by atoms with Crippen LogP contribution in [0.4, 0.5) is 0 Å². The minimum Gasteiger partial charge on any atom is -0.384 e. The van der Waals surface area contributed by atoms with E-state index in [1.165, 1.54) is 36.2 Å². The molecule has 1 fully saturated rings. The number of imide groups is 1. The minimum atomic E-state index is -0.944. The molecule has 0 aliphatic carbocycles. The van der Waals surface area contributed by atoms with Crippen molar-refractivity contribution >= 4 is 34.9 Å². The van der Waals surface area contributed by atoms with Crippen molar-refractivity contribution in [2.75, 3.05) is 6.54 Å². The fourth-order valence-electron chi connectivity index (χ4n) is 4.06. The normalized spacial score (nSPS) is 16.0. The van der Waals surface area contributed by atoms with E-state index >= 15 is 0 Å². The molecular weight excluding hydrogens is 462 g/mol. The van der Waals surface area contributed by atoms with Gasteiger partial charge < -0.3 is 16.4 Å². The largest absolute Gasteiger partial charge is 0.384 e. The number of benzene rings is 1. The predicted octanol–water partition coefficient (Wildman–Crippen LogP) is 2.89. The Morgan fingerprint density at radius 2 is 1.94 bits per heavy atom. The standard InChI is InChI=1S/C26H35N5O3S/c1-2-3-4-5-7-17-9-11-18(12-10-17)24(32)30-22(15-20-14-19(16-35-20)23(27)28)26(34)31-25(33)21-8-6-13-29-21/h9-12,14,16,21-22,29H,2-8,13,15H2,1H3,(H3,27,28)(H,30,32)(H,31,33,34)/t21-,22-/m0/s1. The second kappa shape index (κ2) is 13.2. The number of unbranched alkanes of at least 4 members (excludes halogenated alkanes) is 3. The zero-order chi connectivity index (χ0) is 25.2. The lowest BCUT2D eigenvalue weighted by molar-refractivity contribution is -0.132. The molecule has 2 atom stereocenters. The highest BCUT2D eigenvalue weighted by molar-refractivity contribution is 7.10. The van der Waals surface area contributed by atoms with Crippen LogP contribution in [0.5, 0.6) is 0 Å². The third kappa shape index (κ3) is 8.00. The molecular formula is C26H35N5O3S. The van der Waals surface area contributed by atoms with E-state index in [9.17, 15) is 14.4 Å². The molecule has 9 heteroatoms. The first-order chi connectivity index (χ1) is 16.9. The molecule has 2 aromatic rings. The van der Waals surface area contributed by atoms with Gasteiger partial charge in [0.05, 0.1) is 6.04 Å². The molecule has 1 aromatic carbocycles. The van der Waals surface area contributed by atoms with Crippen molar-refractivity contribution in [3.05, 3.63) is 57.3 Å². The number of hydrogen-bond donors (Lipinski definition) is 5. The van der Waals surface area contributed by atoms with Gasteiger partial charge in [-0.3, -0.25) is 25.1 Å². The SMILES string of the molecule is CCCCCCc1ccc(C(=O)N[C@@H](Cc2cc(C(=N)N)cs2)C(=O)NC(=O)[C@@H]2CCCN2)cc1. The van der Waals surface area contributed by atoms with Crippen LogP contribution < -0.4 is 21.7 Å². The average Bonchev–Trinajstić information content (AvgIpc) is 3.54.